The van der Waals surface area contributed by atoms with Crippen LogP contribution in [0.3, 0.4) is 0 Å². The fourth-order valence-corrected chi connectivity index (χ4v) is 2.79. The van der Waals surface area contributed by atoms with Crippen molar-refractivity contribution in [2.75, 3.05) is 25.0 Å². The molecule has 0 saturated carbocycles. The van der Waals surface area contributed by atoms with E-state index in [9.17, 15) is 9.18 Å². The summed E-state index contributed by atoms with van der Waals surface area (Å²) in [7, 11) is 0. The number of para-hydroxylation sites is 1. The smallest absolute Gasteiger partial charge is 0.239 e. The first kappa shape index (κ1) is 18.6. The number of rotatable bonds is 4. The summed E-state index contributed by atoms with van der Waals surface area (Å²) in [6.07, 6.45) is 0.689. The van der Waals surface area contributed by atoms with Crippen LogP contribution >= 0.6 is 12.2 Å². The van der Waals surface area contributed by atoms with Crippen molar-refractivity contribution in [3.8, 4) is 0 Å². The molecule has 1 aliphatic rings. The number of morpholine rings is 1. The third kappa shape index (κ3) is 6.03. The number of hydrogen-bond acceptors (Lipinski definition) is 4. The molecule has 1 fully saturated rings. The summed E-state index contributed by atoms with van der Waals surface area (Å²) >= 11 is 5.02. The van der Waals surface area contributed by atoms with Crippen molar-refractivity contribution in [2.45, 2.75) is 32.5 Å². The summed E-state index contributed by atoms with van der Waals surface area (Å²) in [4.78, 5) is 14.1. The molecule has 8 heteroatoms. The number of halogens is 1. The molecule has 6 nitrogen and oxygen atoms in total. The van der Waals surface area contributed by atoms with Crippen molar-refractivity contribution >= 4 is 28.9 Å². The number of anilines is 1. The molecule has 0 bridgehead atoms. The summed E-state index contributed by atoms with van der Waals surface area (Å²) < 4.78 is 19.1. The van der Waals surface area contributed by atoms with Gasteiger partial charge in [-0.25, -0.2) is 4.39 Å². The van der Waals surface area contributed by atoms with Crippen LogP contribution in [0.25, 0.3) is 0 Å². The first-order chi connectivity index (χ1) is 11.4. The molecule has 3 N–H and O–H groups in total. The molecular weight excluding hydrogens is 331 g/mol. The molecule has 2 atom stereocenters. The number of benzene rings is 1. The summed E-state index contributed by atoms with van der Waals surface area (Å²) in [5, 5.41) is 2.81. The molecule has 1 aromatic carbocycles. The number of hydrogen-bond donors (Lipinski definition) is 3. The average Bonchev–Trinajstić information content (AvgIpc) is 2.52. The number of nitrogens with zero attached hydrogens (tertiary/aromatic N) is 1. The van der Waals surface area contributed by atoms with E-state index in [0.29, 0.717) is 13.0 Å². The summed E-state index contributed by atoms with van der Waals surface area (Å²) in [6, 6.07) is 6.17. The molecule has 2 rings (SSSR count). The van der Waals surface area contributed by atoms with E-state index in [2.05, 4.69) is 21.1 Å². The Morgan fingerprint density at radius 1 is 1.29 bits per heavy atom. The lowest BCUT2D eigenvalue weighted by atomic mass is 10.2. The molecule has 1 saturated heterocycles. The highest BCUT2D eigenvalue weighted by molar-refractivity contribution is 7.80. The minimum atomic E-state index is -0.413. The second-order valence-corrected chi connectivity index (χ2v) is 6.28. The molecule has 0 radical (unpaired) electrons. The Balaban J connectivity index is 1.67. The number of ether oxygens (including phenoxy) is 1. The lowest BCUT2D eigenvalue weighted by Crippen LogP contribution is -2.48. The van der Waals surface area contributed by atoms with Crippen molar-refractivity contribution in [3.05, 3.63) is 30.1 Å². The molecule has 0 aliphatic carbocycles. The van der Waals surface area contributed by atoms with Gasteiger partial charge in [0.05, 0.1) is 17.9 Å². The fourth-order valence-electron chi connectivity index (χ4n) is 2.63. The number of nitrogens with one attached hydrogen (secondary N) is 3. The van der Waals surface area contributed by atoms with E-state index in [1.807, 2.05) is 13.8 Å². The minimum Gasteiger partial charge on any atom is -0.373 e. The third-order valence-corrected chi connectivity index (χ3v) is 3.79. The highest BCUT2D eigenvalue weighted by Crippen LogP contribution is 2.12. The zero-order valence-corrected chi connectivity index (χ0v) is 14.7. The molecule has 24 heavy (non-hydrogen) atoms. The van der Waals surface area contributed by atoms with E-state index in [4.69, 9.17) is 17.0 Å². The molecule has 0 aromatic heterocycles. The largest absolute Gasteiger partial charge is 0.373 e. The van der Waals surface area contributed by atoms with Crippen molar-refractivity contribution in [2.24, 2.45) is 0 Å². The topological polar surface area (TPSA) is 65.6 Å². The second-order valence-electron chi connectivity index (χ2n) is 5.87. The first-order valence-corrected chi connectivity index (χ1v) is 8.33. The number of amides is 1. The van der Waals surface area contributed by atoms with Crippen LogP contribution < -0.4 is 16.2 Å². The van der Waals surface area contributed by atoms with E-state index in [-0.39, 0.29) is 28.9 Å². The van der Waals surface area contributed by atoms with Crippen LogP contribution in [0, 0.1) is 5.82 Å². The lowest BCUT2D eigenvalue weighted by Gasteiger charge is -2.35. The Hall–Kier alpha value is -1.77. The molecule has 1 aliphatic heterocycles. The Labute approximate surface area is 146 Å². The monoisotopic (exact) mass is 354 g/mol. The van der Waals surface area contributed by atoms with Gasteiger partial charge in [0, 0.05) is 26.1 Å². The van der Waals surface area contributed by atoms with E-state index in [1.54, 1.807) is 18.2 Å². The van der Waals surface area contributed by atoms with Gasteiger partial charge in [0.1, 0.15) is 5.82 Å². The van der Waals surface area contributed by atoms with Crippen molar-refractivity contribution in [1.82, 2.24) is 15.8 Å². The van der Waals surface area contributed by atoms with Gasteiger partial charge in [0.15, 0.2) is 5.11 Å². The number of carbonyl (C=O) groups is 1. The van der Waals surface area contributed by atoms with Crippen LogP contribution in [-0.4, -0.2) is 47.8 Å². The van der Waals surface area contributed by atoms with E-state index in [1.165, 1.54) is 6.07 Å². The molecular formula is C16H23FN4O2S. The van der Waals surface area contributed by atoms with Gasteiger partial charge in [0.25, 0.3) is 0 Å². The maximum absolute atomic E-state index is 13.5. The maximum Gasteiger partial charge on any atom is 0.239 e. The predicted molar refractivity (Wildman–Crippen MR) is 95.0 cm³/mol. The zero-order valence-electron chi connectivity index (χ0n) is 13.8. The molecule has 0 spiro atoms. The second kappa shape index (κ2) is 8.91. The van der Waals surface area contributed by atoms with Crippen LogP contribution in [0.2, 0.25) is 0 Å². The molecule has 1 aromatic rings. The number of hydrazine groups is 1. The van der Waals surface area contributed by atoms with Crippen molar-refractivity contribution in [1.29, 1.82) is 0 Å². The first-order valence-electron chi connectivity index (χ1n) is 7.92. The summed E-state index contributed by atoms with van der Waals surface area (Å²) in [5.74, 6) is -0.594. The van der Waals surface area contributed by atoms with E-state index in [0.717, 1.165) is 13.1 Å². The van der Waals surface area contributed by atoms with Gasteiger partial charge in [-0.1, -0.05) is 12.1 Å². The predicted octanol–water partition coefficient (Wildman–Crippen LogP) is 1.64. The Bertz CT molecular complexity index is 577. The highest BCUT2D eigenvalue weighted by atomic mass is 32.1. The fraction of sp³-hybridized carbons (Fsp3) is 0.500. The Kier molecular flexibility index (Phi) is 6.89. The summed E-state index contributed by atoms with van der Waals surface area (Å²) in [6.45, 7) is 6.34. The van der Waals surface area contributed by atoms with Gasteiger partial charge in [-0.15, -0.1) is 0 Å². The number of thiocarbonyl (C=S) groups is 1. The van der Waals surface area contributed by atoms with Gasteiger partial charge in [0.2, 0.25) is 5.91 Å². The molecule has 1 amide bonds. The molecule has 0 unspecified atom stereocenters. The van der Waals surface area contributed by atoms with Gasteiger partial charge in [-0.05, 0) is 38.2 Å². The van der Waals surface area contributed by atoms with Crippen LogP contribution in [0.15, 0.2) is 24.3 Å². The van der Waals surface area contributed by atoms with Crippen LogP contribution in [0.4, 0.5) is 10.1 Å². The number of carbonyl (C=O) groups excluding carboxylic acids is 1. The Morgan fingerprint density at radius 3 is 2.62 bits per heavy atom. The van der Waals surface area contributed by atoms with Gasteiger partial charge >= 0.3 is 0 Å². The van der Waals surface area contributed by atoms with Gasteiger partial charge < -0.3 is 10.1 Å². The zero-order chi connectivity index (χ0) is 17.5. The van der Waals surface area contributed by atoms with Gasteiger partial charge in [-0.3, -0.25) is 20.5 Å². The van der Waals surface area contributed by atoms with E-state index >= 15 is 0 Å². The lowest BCUT2D eigenvalue weighted by molar-refractivity contribution is -0.123. The van der Waals surface area contributed by atoms with Gasteiger partial charge in [-0.2, -0.15) is 0 Å². The normalized spacial score (nSPS) is 21.1. The molecule has 132 valence electrons. The quantitative estimate of drug-likeness (QED) is 0.564. The van der Waals surface area contributed by atoms with Crippen LogP contribution in [0.5, 0.6) is 0 Å². The average molecular weight is 354 g/mol. The summed E-state index contributed by atoms with van der Waals surface area (Å²) in [5.41, 5.74) is 5.34. The minimum absolute atomic E-state index is 0.127. The van der Waals surface area contributed by atoms with Crippen LogP contribution in [-0.2, 0) is 9.53 Å². The maximum atomic E-state index is 13.5. The third-order valence-electron chi connectivity index (χ3n) is 3.59. The van der Waals surface area contributed by atoms with Crippen molar-refractivity contribution in [3.63, 3.8) is 0 Å². The van der Waals surface area contributed by atoms with Crippen molar-refractivity contribution < 1.29 is 13.9 Å². The standard InChI is InChI=1S/C16H23FN4O2S/c1-11-9-21(10-12(2)23-11)8-7-15(22)19-20-16(24)18-14-6-4-3-5-13(14)17/h3-6,11-12H,7-10H2,1-2H3,(H,19,22)(H2,18,20,24)/t11-,12+. The highest BCUT2D eigenvalue weighted by Gasteiger charge is 2.22. The molecule has 1 heterocycles. The van der Waals surface area contributed by atoms with Crippen LogP contribution in [0.1, 0.15) is 20.3 Å². The SMILES string of the molecule is C[C@@H]1CN(CCC(=O)NNC(=S)Nc2ccccc2F)C[C@H](C)O1. The van der Waals surface area contributed by atoms with E-state index < -0.39 is 5.82 Å². The Morgan fingerprint density at radius 2 is 1.96 bits per heavy atom.